The molecule has 2 rings (SSSR count). The van der Waals surface area contributed by atoms with Crippen LogP contribution in [0.2, 0.25) is 0 Å². The van der Waals surface area contributed by atoms with Gasteiger partial charge in [-0.15, -0.1) is 0 Å². The number of carbonyl (C=O) groups is 1. The molecule has 0 aliphatic heterocycles. The molecule has 0 aromatic heterocycles. The Kier molecular flexibility index (Phi) is 3.85. The summed E-state index contributed by atoms with van der Waals surface area (Å²) in [7, 11) is 0. The quantitative estimate of drug-likeness (QED) is 0.828. The van der Waals surface area contributed by atoms with Crippen molar-refractivity contribution in [3.05, 3.63) is 57.8 Å². The second-order valence-corrected chi connectivity index (χ2v) is 5.07. The molecule has 19 heavy (non-hydrogen) atoms. The third-order valence-electron chi connectivity index (χ3n) is 2.69. The van der Waals surface area contributed by atoms with Crippen molar-refractivity contribution in [2.24, 2.45) is 0 Å². The number of hydrogen-bond donors (Lipinski definition) is 2. The van der Waals surface area contributed by atoms with Gasteiger partial charge < -0.3 is 11.1 Å². The molecule has 5 heteroatoms. The zero-order valence-corrected chi connectivity index (χ0v) is 11.8. The van der Waals surface area contributed by atoms with Gasteiger partial charge in [-0.2, -0.15) is 0 Å². The van der Waals surface area contributed by atoms with E-state index in [1.165, 1.54) is 6.07 Å². The van der Waals surface area contributed by atoms with E-state index in [-0.39, 0.29) is 11.7 Å². The highest BCUT2D eigenvalue weighted by molar-refractivity contribution is 9.10. The fourth-order valence-corrected chi connectivity index (χ4v) is 1.96. The first kappa shape index (κ1) is 13.5. The van der Waals surface area contributed by atoms with E-state index in [0.717, 1.165) is 4.47 Å². The molecular weight excluding hydrogens is 311 g/mol. The van der Waals surface area contributed by atoms with Crippen LogP contribution < -0.4 is 11.1 Å². The van der Waals surface area contributed by atoms with Crippen LogP contribution in [0.1, 0.15) is 15.9 Å². The van der Waals surface area contributed by atoms with Gasteiger partial charge in [0.25, 0.3) is 5.91 Å². The lowest BCUT2D eigenvalue weighted by molar-refractivity contribution is 0.102. The third kappa shape index (κ3) is 3.12. The molecule has 0 heterocycles. The number of nitrogen functional groups attached to an aromatic ring is 1. The Balaban J connectivity index is 2.25. The molecule has 0 saturated heterocycles. The molecule has 3 N–H and O–H groups in total. The third-order valence-corrected chi connectivity index (χ3v) is 3.18. The van der Waals surface area contributed by atoms with Gasteiger partial charge in [0.15, 0.2) is 0 Å². The van der Waals surface area contributed by atoms with Gasteiger partial charge in [0.2, 0.25) is 0 Å². The standard InChI is InChI=1S/C14H12BrFN2O/c1-8-2-4-10(7-12(8)16)18-14(19)11-6-9(15)3-5-13(11)17/h2-7H,17H2,1H3,(H,18,19). The summed E-state index contributed by atoms with van der Waals surface area (Å²) in [6.07, 6.45) is 0. The first-order valence-corrected chi connectivity index (χ1v) is 6.39. The molecule has 0 atom stereocenters. The molecule has 0 aliphatic carbocycles. The highest BCUT2D eigenvalue weighted by atomic mass is 79.9. The van der Waals surface area contributed by atoms with Gasteiger partial charge in [0.05, 0.1) is 5.56 Å². The van der Waals surface area contributed by atoms with Gasteiger partial charge in [-0.05, 0) is 42.8 Å². The number of nitrogens with one attached hydrogen (secondary N) is 1. The minimum absolute atomic E-state index is 0.343. The van der Waals surface area contributed by atoms with E-state index >= 15 is 0 Å². The largest absolute Gasteiger partial charge is 0.398 e. The summed E-state index contributed by atoms with van der Waals surface area (Å²) in [5, 5.41) is 2.61. The number of anilines is 2. The molecule has 0 saturated carbocycles. The Morgan fingerprint density at radius 1 is 1.26 bits per heavy atom. The lowest BCUT2D eigenvalue weighted by Crippen LogP contribution is -2.14. The van der Waals surface area contributed by atoms with Crippen molar-refractivity contribution < 1.29 is 9.18 Å². The highest BCUT2D eigenvalue weighted by Gasteiger charge is 2.11. The second kappa shape index (κ2) is 5.40. The number of hydrogen-bond acceptors (Lipinski definition) is 2. The molecule has 2 aromatic carbocycles. The smallest absolute Gasteiger partial charge is 0.257 e. The van der Waals surface area contributed by atoms with Crippen LogP contribution in [0.3, 0.4) is 0 Å². The summed E-state index contributed by atoms with van der Waals surface area (Å²) in [6.45, 7) is 1.66. The molecule has 0 bridgehead atoms. The summed E-state index contributed by atoms with van der Waals surface area (Å²) in [6, 6.07) is 9.53. The zero-order chi connectivity index (χ0) is 14.0. The average molecular weight is 323 g/mol. The molecule has 0 fully saturated rings. The number of aryl methyl sites for hydroxylation is 1. The number of benzene rings is 2. The molecule has 0 unspecified atom stereocenters. The number of carbonyl (C=O) groups excluding carboxylic acids is 1. The number of nitrogens with two attached hydrogens (primary N) is 1. The summed E-state index contributed by atoms with van der Waals surface area (Å²) in [5.74, 6) is -0.734. The van der Waals surface area contributed by atoms with E-state index in [2.05, 4.69) is 21.2 Å². The van der Waals surface area contributed by atoms with E-state index in [1.807, 2.05) is 0 Å². The van der Waals surface area contributed by atoms with Crippen LogP contribution in [0.4, 0.5) is 15.8 Å². The van der Waals surface area contributed by atoms with E-state index in [4.69, 9.17) is 5.73 Å². The molecule has 0 spiro atoms. The molecule has 98 valence electrons. The predicted octanol–water partition coefficient (Wildman–Crippen LogP) is 3.73. The average Bonchev–Trinajstić information content (AvgIpc) is 2.36. The molecule has 0 radical (unpaired) electrons. The summed E-state index contributed by atoms with van der Waals surface area (Å²) in [5.41, 5.74) is 7.38. The maximum Gasteiger partial charge on any atom is 0.257 e. The fourth-order valence-electron chi connectivity index (χ4n) is 1.59. The second-order valence-electron chi connectivity index (χ2n) is 4.15. The van der Waals surface area contributed by atoms with Crippen molar-refractivity contribution in [1.82, 2.24) is 0 Å². The number of halogens is 2. The van der Waals surface area contributed by atoms with Gasteiger partial charge in [-0.1, -0.05) is 22.0 Å². The lowest BCUT2D eigenvalue weighted by atomic mass is 10.1. The fraction of sp³-hybridized carbons (Fsp3) is 0.0714. The first-order chi connectivity index (χ1) is 8.97. The molecule has 3 nitrogen and oxygen atoms in total. The number of rotatable bonds is 2. The Morgan fingerprint density at radius 3 is 2.68 bits per heavy atom. The van der Waals surface area contributed by atoms with Gasteiger partial charge >= 0.3 is 0 Å². The van der Waals surface area contributed by atoms with Crippen LogP contribution in [-0.4, -0.2) is 5.91 Å². The van der Waals surface area contributed by atoms with Crippen molar-refractivity contribution in [3.8, 4) is 0 Å². The van der Waals surface area contributed by atoms with Crippen LogP contribution in [0, 0.1) is 12.7 Å². The van der Waals surface area contributed by atoms with Gasteiger partial charge in [-0.3, -0.25) is 4.79 Å². The predicted molar refractivity (Wildman–Crippen MR) is 77.6 cm³/mol. The van der Waals surface area contributed by atoms with E-state index in [9.17, 15) is 9.18 Å². The van der Waals surface area contributed by atoms with Crippen LogP contribution in [-0.2, 0) is 0 Å². The van der Waals surface area contributed by atoms with Crippen molar-refractivity contribution in [2.45, 2.75) is 6.92 Å². The zero-order valence-electron chi connectivity index (χ0n) is 10.2. The topological polar surface area (TPSA) is 55.1 Å². The number of amides is 1. The Hall–Kier alpha value is -1.88. The summed E-state index contributed by atoms with van der Waals surface area (Å²) in [4.78, 5) is 12.0. The van der Waals surface area contributed by atoms with Crippen molar-refractivity contribution in [2.75, 3.05) is 11.1 Å². The minimum atomic E-state index is -0.373. The van der Waals surface area contributed by atoms with Crippen LogP contribution in [0.15, 0.2) is 40.9 Å². The van der Waals surface area contributed by atoms with Crippen molar-refractivity contribution in [3.63, 3.8) is 0 Å². The monoisotopic (exact) mass is 322 g/mol. The van der Waals surface area contributed by atoms with Crippen LogP contribution >= 0.6 is 15.9 Å². The van der Waals surface area contributed by atoms with Crippen molar-refractivity contribution >= 4 is 33.2 Å². The van der Waals surface area contributed by atoms with E-state index in [0.29, 0.717) is 22.5 Å². The van der Waals surface area contributed by atoms with Crippen LogP contribution in [0.25, 0.3) is 0 Å². The molecule has 1 amide bonds. The first-order valence-electron chi connectivity index (χ1n) is 5.60. The molecule has 2 aromatic rings. The SMILES string of the molecule is Cc1ccc(NC(=O)c2cc(Br)ccc2N)cc1F. The molecule has 0 aliphatic rings. The molecular formula is C14H12BrFN2O. The maximum absolute atomic E-state index is 13.4. The lowest BCUT2D eigenvalue weighted by Gasteiger charge is -2.08. The van der Waals surface area contributed by atoms with Gasteiger partial charge in [0, 0.05) is 15.8 Å². The van der Waals surface area contributed by atoms with Gasteiger partial charge in [0.1, 0.15) is 5.82 Å². The Morgan fingerprint density at radius 2 is 2.00 bits per heavy atom. The Bertz CT molecular complexity index is 643. The Labute approximate surface area is 118 Å². The summed E-state index contributed by atoms with van der Waals surface area (Å²) < 4.78 is 14.1. The van der Waals surface area contributed by atoms with Crippen molar-refractivity contribution in [1.29, 1.82) is 0 Å². The normalized spacial score (nSPS) is 10.3. The summed E-state index contributed by atoms with van der Waals surface area (Å²) >= 11 is 3.28. The van der Waals surface area contributed by atoms with E-state index in [1.54, 1.807) is 37.3 Å². The van der Waals surface area contributed by atoms with Crippen LogP contribution in [0.5, 0.6) is 0 Å². The van der Waals surface area contributed by atoms with E-state index < -0.39 is 0 Å². The minimum Gasteiger partial charge on any atom is -0.398 e. The maximum atomic E-state index is 13.4. The van der Waals surface area contributed by atoms with Gasteiger partial charge in [-0.25, -0.2) is 4.39 Å². The highest BCUT2D eigenvalue weighted by Crippen LogP contribution is 2.20.